The van der Waals surface area contributed by atoms with Crippen molar-refractivity contribution in [2.45, 2.75) is 39.2 Å². The van der Waals surface area contributed by atoms with E-state index in [4.69, 9.17) is 26.6 Å². The molecule has 2 atom stereocenters. The Morgan fingerprint density at radius 2 is 1.41 bits per heavy atom. The van der Waals surface area contributed by atoms with E-state index in [2.05, 4.69) is 66.1 Å². The highest BCUT2D eigenvalue weighted by Crippen LogP contribution is 2.30. The summed E-state index contributed by atoms with van der Waals surface area (Å²) in [5.74, 6) is -0.558. The molecular weight excluding hydrogens is 536 g/mol. The molecule has 222 valence electrons. The highest BCUT2D eigenvalue weighted by atomic mass is 35.5. The van der Waals surface area contributed by atoms with Gasteiger partial charge in [-0.05, 0) is 53.6 Å². The number of benzene rings is 3. The van der Waals surface area contributed by atoms with Crippen molar-refractivity contribution < 1.29 is 19.7 Å². The number of aliphatic carboxylic acids is 1. The van der Waals surface area contributed by atoms with Gasteiger partial charge in [0.2, 0.25) is 0 Å². The minimum atomic E-state index is -0.772. The van der Waals surface area contributed by atoms with E-state index >= 15 is 0 Å². The Labute approximate surface area is 250 Å². The number of rotatable bonds is 12. The number of aliphatic hydroxyl groups excluding tert-OH is 1. The number of carboxylic acids is 1. The van der Waals surface area contributed by atoms with Crippen LogP contribution in [0.1, 0.15) is 55.0 Å². The summed E-state index contributed by atoms with van der Waals surface area (Å²) in [4.78, 5) is 15.7. The maximum atomic E-state index is 10.8. The van der Waals surface area contributed by atoms with Crippen molar-refractivity contribution in [1.82, 2.24) is 9.80 Å². The van der Waals surface area contributed by atoms with Crippen molar-refractivity contribution in [2.75, 3.05) is 52.5 Å². The molecule has 0 aliphatic carbocycles. The average molecular weight is 581 g/mol. The predicted molar refractivity (Wildman–Crippen MR) is 167 cm³/mol. The third-order valence-electron chi connectivity index (χ3n) is 7.35. The summed E-state index contributed by atoms with van der Waals surface area (Å²) in [6.07, 6.45) is 1.04. The Hall–Kier alpha value is -2.74. The van der Waals surface area contributed by atoms with E-state index in [0.717, 1.165) is 49.7 Å². The van der Waals surface area contributed by atoms with Gasteiger partial charge < -0.3 is 14.9 Å². The molecule has 41 heavy (non-hydrogen) atoms. The monoisotopic (exact) mass is 580 g/mol. The van der Waals surface area contributed by atoms with Crippen LogP contribution in [-0.2, 0) is 16.0 Å². The lowest BCUT2D eigenvalue weighted by Crippen LogP contribution is -2.48. The molecule has 1 fully saturated rings. The molecule has 0 amide bonds. The van der Waals surface area contributed by atoms with Gasteiger partial charge in [0, 0.05) is 37.7 Å². The van der Waals surface area contributed by atoms with Gasteiger partial charge in [-0.25, -0.2) is 0 Å². The van der Waals surface area contributed by atoms with Gasteiger partial charge in [0.25, 0.3) is 0 Å². The van der Waals surface area contributed by atoms with Gasteiger partial charge in [-0.3, -0.25) is 14.6 Å². The topological polar surface area (TPSA) is 73.2 Å². The molecular formula is C34H45ClN2O4. The zero-order chi connectivity index (χ0) is 29.6. The van der Waals surface area contributed by atoms with Crippen molar-refractivity contribution in [1.29, 1.82) is 0 Å². The molecule has 0 spiro atoms. The number of carboxylic acid groups (broad SMARTS) is 1. The molecule has 3 aromatic carbocycles. The van der Waals surface area contributed by atoms with Gasteiger partial charge in [0.15, 0.2) is 0 Å². The second kappa shape index (κ2) is 17.3. The number of hydrogen-bond acceptors (Lipinski definition) is 5. The fourth-order valence-electron chi connectivity index (χ4n) is 5.06. The van der Waals surface area contributed by atoms with Crippen LogP contribution in [0.15, 0.2) is 78.9 Å². The molecule has 3 aromatic rings. The fourth-order valence-corrected chi connectivity index (χ4v) is 5.18. The highest BCUT2D eigenvalue weighted by molar-refractivity contribution is 6.30. The number of ether oxygens (including phenoxy) is 1. The molecule has 0 radical (unpaired) electrons. The first-order valence-electron chi connectivity index (χ1n) is 14.6. The summed E-state index contributed by atoms with van der Waals surface area (Å²) < 4.78 is 5.39. The normalized spacial score (nSPS) is 15.7. The predicted octanol–water partition coefficient (Wildman–Crippen LogP) is 6.13. The van der Waals surface area contributed by atoms with E-state index in [0.29, 0.717) is 19.1 Å². The average Bonchev–Trinajstić information content (AvgIpc) is 2.98. The van der Waals surface area contributed by atoms with Crippen molar-refractivity contribution in [3.63, 3.8) is 0 Å². The zero-order valence-electron chi connectivity index (χ0n) is 24.6. The molecule has 1 aliphatic heterocycles. The number of carbonyl (C=O) groups is 1. The zero-order valence-corrected chi connectivity index (χ0v) is 25.3. The minimum absolute atomic E-state index is 0.0909. The number of piperazine rings is 1. The molecule has 0 aromatic heterocycles. The van der Waals surface area contributed by atoms with E-state index in [1.807, 2.05) is 36.4 Å². The van der Waals surface area contributed by atoms with Crippen LogP contribution >= 0.6 is 11.6 Å². The van der Waals surface area contributed by atoms with E-state index < -0.39 is 11.9 Å². The van der Waals surface area contributed by atoms with Gasteiger partial charge in [-0.1, -0.05) is 92.2 Å². The van der Waals surface area contributed by atoms with Gasteiger partial charge in [0.1, 0.15) is 0 Å². The minimum Gasteiger partial charge on any atom is -0.481 e. The smallest absolute Gasteiger partial charge is 0.310 e. The van der Waals surface area contributed by atoms with Crippen LogP contribution < -0.4 is 0 Å². The molecule has 7 heteroatoms. The molecule has 2 N–H and O–H groups in total. The largest absolute Gasteiger partial charge is 0.481 e. The summed E-state index contributed by atoms with van der Waals surface area (Å²) in [6.45, 7) is 12.3. The van der Waals surface area contributed by atoms with Crippen LogP contribution in [0.25, 0.3) is 0 Å². The molecule has 0 saturated carbocycles. The SMILES string of the molecule is CC(C)Cc1ccc(C(C)C(=O)O)cc1.OCCOCCN1CCN(C(c2ccccc2)c2ccc(Cl)cc2)CC1. The standard InChI is InChI=1S/C21H27ClN2O2.C13H18O2/c22-20-8-6-19(7-9-20)21(18-4-2-1-3-5-18)24-12-10-23(11-13-24)14-16-26-17-15-25;1-9(2)8-11-4-6-12(7-5-11)10(3)13(14)15/h1-9,21,25H,10-17H2;4-7,9-10H,8H2,1-3H3,(H,14,15). The molecule has 4 rings (SSSR count). The third kappa shape index (κ3) is 10.9. The second-order valence-corrected chi connectivity index (χ2v) is 11.4. The number of halogens is 1. The Balaban J connectivity index is 0.000000263. The first-order valence-corrected chi connectivity index (χ1v) is 14.9. The lowest BCUT2D eigenvalue weighted by atomic mass is 9.96. The molecule has 6 nitrogen and oxygen atoms in total. The number of aliphatic hydroxyl groups is 1. The van der Waals surface area contributed by atoms with Crippen LogP contribution in [0.3, 0.4) is 0 Å². The third-order valence-corrected chi connectivity index (χ3v) is 7.61. The molecule has 1 aliphatic rings. The van der Waals surface area contributed by atoms with Crippen LogP contribution in [0.4, 0.5) is 0 Å². The van der Waals surface area contributed by atoms with Crippen molar-refractivity contribution in [2.24, 2.45) is 5.92 Å². The fraction of sp³-hybridized carbons (Fsp3) is 0.441. The van der Waals surface area contributed by atoms with E-state index in [1.165, 1.54) is 16.7 Å². The van der Waals surface area contributed by atoms with Gasteiger partial charge in [-0.15, -0.1) is 0 Å². The Morgan fingerprint density at radius 3 is 1.98 bits per heavy atom. The summed E-state index contributed by atoms with van der Waals surface area (Å²) in [5.41, 5.74) is 4.73. The van der Waals surface area contributed by atoms with E-state index in [9.17, 15) is 4.79 Å². The highest BCUT2D eigenvalue weighted by Gasteiger charge is 2.26. The quantitative estimate of drug-likeness (QED) is 0.251. The Morgan fingerprint density at radius 1 is 0.829 bits per heavy atom. The molecule has 0 bridgehead atoms. The van der Waals surface area contributed by atoms with Crippen LogP contribution in [0.5, 0.6) is 0 Å². The molecule has 1 heterocycles. The van der Waals surface area contributed by atoms with Crippen molar-refractivity contribution >= 4 is 17.6 Å². The number of hydrogen-bond donors (Lipinski definition) is 2. The molecule has 2 unspecified atom stereocenters. The van der Waals surface area contributed by atoms with Gasteiger partial charge >= 0.3 is 5.97 Å². The maximum Gasteiger partial charge on any atom is 0.310 e. The maximum absolute atomic E-state index is 10.8. The molecule has 1 saturated heterocycles. The Kier molecular flexibility index (Phi) is 13.8. The van der Waals surface area contributed by atoms with Crippen LogP contribution in [0, 0.1) is 5.92 Å². The van der Waals surface area contributed by atoms with Gasteiger partial charge in [-0.2, -0.15) is 0 Å². The first-order chi connectivity index (χ1) is 19.8. The first kappa shape index (κ1) is 32.8. The van der Waals surface area contributed by atoms with Crippen molar-refractivity contribution in [3.8, 4) is 0 Å². The van der Waals surface area contributed by atoms with Crippen LogP contribution in [-0.4, -0.2) is 78.5 Å². The number of nitrogens with zero attached hydrogens (tertiary/aromatic N) is 2. The Bertz CT molecular complexity index is 1150. The summed E-state index contributed by atoms with van der Waals surface area (Å²) in [5, 5.41) is 18.4. The van der Waals surface area contributed by atoms with Crippen LogP contribution in [0.2, 0.25) is 5.02 Å². The van der Waals surface area contributed by atoms with E-state index in [-0.39, 0.29) is 12.6 Å². The lowest BCUT2D eigenvalue weighted by molar-refractivity contribution is -0.138. The summed E-state index contributed by atoms with van der Waals surface area (Å²) in [6, 6.07) is 27.0. The van der Waals surface area contributed by atoms with Crippen molar-refractivity contribution in [3.05, 3.63) is 106 Å². The summed E-state index contributed by atoms with van der Waals surface area (Å²) >= 11 is 6.09. The van der Waals surface area contributed by atoms with Gasteiger partial charge in [0.05, 0.1) is 31.8 Å². The lowest BCUT2D eigenvalue weighted by Gasteiger charge is -2.39. The summed E-state index contributed by atoms with van der Waals surface area (Å²) in [7, 11) is 0. The van der Waals surface area contributed by atoms with E-state index in [1.54, 1.807) is 6.92 Å². The second-order valence-electron chi connectivity index (χ2n) is 11.0.